The van der Waals surface area contributed by atoms with E-state index in [1.165, 1.54) is 6.07 Å². The van der Waals surface area contributed by atoms with Gasteiger partial charge >= 0.3 is 0 Å². The van der Waals surface area contributed by atoms with Crippen molar-refractivity contribution in [2.45, 2.75) is 13.5 Å². The Bertz CT molecular complexity index is 926. The minimum Gasteiger partial charge on any atom is -0.331 e. The molecule has 0 radical (unpaired) electrons. The van der Waals surface area contributed by atoms with Gasteiger partial charge in [0.15, 0.2) is 0 Å². The van der Waals surface area contributed by atoms with Crippen molar-refractivity contribution in [1.29, 1.82) is 0 Å². The van der Waals surface area contributed by atoms with E-state index in [2.05, 4.69) is 10.3 Å². The third-order valence-electron chi connectivity index (χ3n) is 3.90. The Balaban J connectivity index is 1.63. The molecule has 3 aromatic rings. The fraction of sp³-hybridized carbons (Fsp3) is 0.100. The number of hydrogen-bond acceptors (Lipinski definition) is 2. The topological polar surface area (TPSA) is 46.9 Å². The van der Waals surface area contributed by atoms with Crippen molar-refractivity contribution >= 4 is 17.7 Å². The fourth-order valence-corrected chi connectivity index (χ4v) is 2.47. The Morgan fingerprint density at radius 1 is 1.15 bits per heavy atom. The second kappa shape index (κ2) is 7.74. The predicted octanol–water partition coefficient (Wildman–Crippen LogP) is 4.17. The van der Waals surface area contributed by atoms with Crippen molar-refractivity contribution in [3.05, 3.63) is 89.5 Å². The highest BCUT2D eigenvalue weighted by Crippen LogP contribution is 2.15. The first kappa shape index (κ1) is 17.5. The summed E-state index contributed by atoms with van der Waals surface area (Å²) in [5.74, 6) is -0.972. The molecule has 1 heterocycles. The van der Waals surface area contributed by atoms with E-state index >= 15 is 0 Å². The van der Waals surface area contributed by atoms with Gasteiger partial charge in [0.25, 0.3) is 0 Å². The van der Waals surface area contributed by atoms with Crippen LogP contribution in [0.15, 0.2) is 60.9 Å². The zero-order valence-corrected chi connectivity index (χ0v) is 14.1. The van der Waals surface area contributed by atoms with Crippen LogP contribution in [-0.4, -0.2) is 15.5 Å². The molecule has 1 N–H and O–H groups in total. The summed E-state index contributed by atoms with van der Waals surface area (Å²) in [6.07, 6.45) is 5.87. The highest BCUT2D eigenvalue weighted by atomic mass is 19.1. The molecule has 4 nitrogen and oxygen atoms in total. The molecule has 0 aliphatic rings. The van der Waals surface area contributed by atoms with Crippen molar-refractivity contribution in [3.8, 4) is 0 Å². The summed E-state index contributed by atoms with van der Waals surface area (Å²) >= 11 is 0. The third kappa shape index (κ3) is 4.22. The molecule has 26 heavy (non-hydrogen) atoms. The number of halogens is 2. The Hall–Kier alpha value is -3.28. The molecule has 0 unspecified atom stereocenters. The average molecular weight is 353 g/mol. The SMILES string of the molecule is Cc1nccn1Cc1ccc(NC(=O)/C=C/c2c(F)cccc2F)cc1. The van der Waals surface area contributed by atoms with Crippen LogP contribution < -0.4 is 5.32 Å². The Morgan fingerprint density at radius 2 is 1.85 bits per heavy atom. The van der Waals surface area contributed by atoms with Gasteiger partial charge < -0.3 is 9.88 Å². The number of nitrogens with zero attached hydrogens (tertiary/aromatic N) is 2. The van der Waals surface area contributed by atoms with E-state index in [4.69, 9.17) is 0 Å². The highest BCUT2D eigenvalue weighted by Gasteiger charge is 2.06. The Kier molecular flexibility index (Phi) is 5.22. The third-order valence-corrected chi connectivity index (χ3v) is 3.90. The van der Waals surface area contributed by atoms with E-state index in [0.717, 1.165) is 35.7 Å². The number of anilines is 1. The lowest BCUT2D eigenvalue weighted by Crippen LogP contribution is -2.08. The van der Waals surface area contributed by atoms with Crippen molar-refractivity contribution in [2.75, 3.05) is 5.32 Å². The van der Waals surface area contributed by atoms with Crippen molar-refractivity contribution in [2.24, 2.45) is 0 Å². The summed E-state index contributed by atoms with van der Waals surface area (Å²) in [6, 6.07) is 10.9. The Morgan fingerprint density at radius 3 is 2.46 bits per heavy atom. The van der Waals surface area contributed by atoms with Gasteiger partial charge in [0.05, 0.1) is 0 Å². The Labute approximate surface area is 149 Å². The largest absolute Gasteiger partial charge is 0.331 e. The number of aryl methyl sites for hydroxylation is 1. The predicted molar refractivity (Wildman–Crippen MR) is 96.5 cm³/mol. The molecule has 2 aromatic carbocycles. The summed E-state index contributed by atoms with van der Waals surface area (Å²) < 4.78 is 29.1. The molecule has 1 aromatic heterocycles. The van der Waals surface area contributed by atoms with Gasteiger partial charge in [0, 0.05) is 36.3 Å². The molecule has 1 amide bonds. The van der Waals surface area contributed by atoms with Crippen LogP contribution >= 0.6 is 0 Å². The van der Waals surface area contributed by atoms with Gasteiger partial charge in [0.1, 0.15) is 17.5 Å². The summed E-state index contributed by atoms with van der Waals surface area (Å²) in [5, 5.41) is 2.66. The first-order valence-corrected chi connectivity index (χ1v) is 8.02. The molecule has 132 valence electrons. The minimum atomic E-state index is -0.715. The number of amides is 1. The maximum Gasteiger partial charge on any atom is 0.248 e. The van der Waals surface area contributed by atoms with E-state index in [1.807, 2.05) is 29.8 Å². The number of carbonyl (C=O) groups is 1. The van der Waals surface area contributed by atoms with Crippen molar-refractivity contribution < 1.29 is 13.6 Å². The van der Waals surface area contributed by atoms with Crippen LogP contribution in [0, 0.1) is 18.6 Å². The molecule has 0 aliphatic carbocycles. The second-order valence-corrected chi connectivity index (χ2v) is 5.76. The lowest BCUT2D eigenvalue weighted by molar-refractivity contribution is -0.111. The van der Waals surface area contributed by atoms with Gasteiger partial charge in [-0.15, -0.1) is 0 Å². The molecule has 0 aliphatic heterocycles. The van der Waals surface area contributed by atoms with Crippen LogP contribution in [0.1, 0.15) is 17.0 Å². The van der Waals surface area contributed by atoms with E-state index in [9.17, 15) is 13.6 Å². The second-order valence-electron chi connectivity index (χ2n) is 5.76. The number of aromatic nitrogens is 2. The van der Waals surface area contributed by atoms with E-state index in [-0.39, 0.29) is 5.56 Å². The van der Waals surface area contributed by atoms with E-state index in [1.54, 1.807) is 18.3 Å². The van der Waals surface area contributed by atoms with Crippen LogP contribution in [0.4, 0.5) is 14.5 Å². The van der Waals surface area contributed by atoms with Gasteiger partial charge in [0.2, 0.25) is 5.91 Å². The molecule has 0 saturated heterocycles. The van der Waals surface area contributed by atoms with Crippen molar-refractivity contribution in [1.82, 2.24) is 9.55 Å². The van der Waals surface area contributed by atoms with Gasteiger partial charge in [-0.3, -0.25) is 4.79 Å². The molecule has 0 spiro atoms. The molecule has 0 atom stereocenters. The summed E-state index contributed by atoms with van der Waals surface area (Å²) in [5.41, 5.74) is 1.42. The molecule has 0 bridgehead atoms. The van der Waals surface area contributed by atoms with Crippen LogP contribution in [0.25, 0.3) is 6.08 Å². The van der Waals surface area contributed by atoms with Gasteiger partial charge in [-0.05, 0) is 42.8 Å². The molecular formula is C20H17F2N3O. The van der Waals surface area contributed by atoms with Gasteiger partial charge in [-0.2, -0.15) is 0 Å². The van der Waals surface area contributed by atoms with Crippen LogP contribution in [-0.2, 0) is 11.3 Å². The minimum absolute atomic E-state index is 0.242. The van der Waals surface area contributed by atoms with Crippen LogP contribution in [0.2, 0.25) is 0 Å². The van der Waals surface area contributed by atoms with Gasteiger partial charge in [-0.1, -0.05) is 18.2 Å². The smallest absolute Gasteiger partial charge is 0.248 e. The quantitative estimate of drug-likeness (QED) is 0.700. The monoisotopic (exact) mass is 353 g/mol. The molecule has 6 heteroatoms. The van der Waals surface area contributed by atoms with Crippen molar-refractivity contribution in [3.63, 3.8) is 0 Å². The van der Waals surface area contributed by atoms with Gasteiger partial charge in [-0.25, -0.2) is 13.8 Å². The normalized spacial score (nSPS) is 11.0. The molecule has 3 rings (SSSR count). The molecule has 0 fully saturated rings. The lowest BCUT2D eigenvalue weighted by atomic mass is 10.1. The first-order chi connectivity index (χ1) is 12.5. The number of hydrogen-bond donors (Lipinski definition) is 1. The maximum absolute atomic E-state index is 13.5. The number of benzene rings is 2. The van der Waals surface area contributed by atoms with E-state index in [0.29, 0.717) is 12.2 Å². The van der Waals surface area contributed by atoms with E-state index < -0.39 is 17.5 Å². The number of rotatable bonds is 5. The zero-order chi connectivity index (χ0) is 18.5. The molecule has 0 saturated carbocycles. The number of imidazole rings is 1. The average Bonchev–Trinajstić information content (AvgIpc) is 3.01. The zero-order valence-electron chi connectivity index (χ0n) is 14.1. The molecular weight excluding hydrogens is 336 g/mol. The maximum atomic E-state index is 13.5. The number of nitrogens with one attached hydrogen (secondary N) is 1. The number of carbonyl (C=O) groups excluding carboxylic acids is 1. The fourth-order valence-electron chi connectivity index (χ4n) is 2.47. The highest BCUT2D eigenvalue weighted by molar-refractivity contribution is 6.01. The first-order valence-electron chi connectivity index (χ1n) is 8.02. The summed E-state index contributed by atoms with van der Waals surface area (Å²) in [4.78, 5) is 16.1. The van der Waals surface area contributed by atoms with Crippen LogP contribution in [0.5, 0.6) is 0 Å². The summed E-state index contributed by atoms with van der Waals surface area (Å²) in [7, 11) is 0. The standard InChI is InChI=1S/C20H17F2N3O/c1-14-23-11-12-25(14)13-15-5-7-16(8-6-15)24-20(26)10-9-17-18(21)3-2-4-19(17)22/h2-12H,13H2,1H3,(H,24,26)/b10-9+. The summed E-state index contributed by atoms with van der Waals surface area (Å²) in [6.45, 7) is 2.62. The van der Waals surface area contributed by atoms with Crippen LogP contribution in [0.3, 0.4) is 0 Å². The lowest BCUT2D eigenvalue weighted by Gasteiger charge is -2.07.